The molecule has 1 N–H and O–H groups in total. The van der Waals surface area contributed by atoms with Gasteiger partial charge in [0.15, 0.2) is 0 Å². The molecule has 5 nitrogen and oxygen atoms in total. The summed E-state index contributed by atoms with van der Waals surface area (Å²) in [5, 5.41) is 4.53. The van der Waals surface area contributed by atoms with Crippen LogP contribution in [0.25, 0.3) is 5.70 Å². The van der Waals surface area contributed by atoms with Gasteiger partial charge in [-0.15, -0.1) is 0 Å². The number of hydrogen-bond donors (Lipinski definition) is 1. The molecular weight excluding hydrogens is 509 g/mol. The molecule has 0 aliphatic rings. The molecule has 0 aromatic heterocycles. The van der Waals surface area contributed by atoms with E-state index in [1.807, 2.05) is 66.7 Å². The molecule has 0 saturated heterocycles. The minimum absolute atomic E-state index is 0.294. The quantitative estimate of drug-likeness (QED) is 0.209. The van der Waals surface area contributed by atoms with Crippen molar-refractivity contribution >= 4 is 40.6 Å². The van der Waals surface area contributed by atoms with Crippen molar-refractivity contribution in [1.29, 1.82) is 0 Å². The van der Waals surface area contributed by atoms with Crippen LogP contribution in [0.15, 0.2) is 97.6 Å². The van der Waals surface area contributed by atoms with Crippen LogP contribution >= 0.6 is 23.2 Å². The predicted molar refractivity (Wildman–Crippen MR) is 148 cm³/mol. The first-order chi connectivity index (χ1) is 17.9. The molecule has 37 heavy (non-hydrogen) atoms. The maximum atomic E-state index is 11.7. The lowest BCUT2D eigenvalue weighted by atomic mass is 10.1. The van der Waals surface area contributed by atoms with E-state index < -0.39 is 5.97 Å². The Kier molecular flexibility index (Phi) is 8.72. The Morgan fingerprint density at radius 1 is 0.757 bits per heavy atom. The van der Waals surface area contributed by atoms with Crippen LogP contribution in [0.2, 0.25) is 10.0 Å². The highest BCUT2D eigenvalue weighted by atomic mass is 35.5. The smallest absolute Gasteiger partial charge is 0.337 e. The number of halogens is 2. The molecule has 0 bridgehead atoms. The van der Waals surface area contributed by atoms with Crippen LogP contribution < -0.4 is 14.8 Å². The SMILES string of the molecule is C=C(Nc1ccc(C(=O)OC)cc1)c1cc(OCc2ccccc2Cl)cc(OCc2ccccc2Cl)c1. The fourth-order valence-electron chi connectivity index (χ4n) is 3.52. The van der Waals surface area contributed by atoms with Gasteiger partial charge in [0.1, 0.15) is 24.7 Å². The summed E-state index contributed by atoms with van der Waals surface area (Å²) >= 11 is 12.6. The Morgan fingerprint density at radius 3 is 1.76 bits per heavy atom. The Hall–Kier alpha value is -3.93. The molecule has 4 rings (SSSR count). The van der Waals surface area contributed by atoms with E-state index in [1.54, 1.807) is 24.3 Å². The van der Waals surface area contributed by atoms with Gasteiger partial charge < -0.3 is 19.5 Å². The van der Waals surface area contributed by atoms with Crippen molar-refractivity contribution in [2.75, 3.05) is 12.4 Å². The third kappa shape index (κ3) is 7.06. The highest BCUT2D eigenvalue weighted by molar-refractivity contribution is 6.31. The van der Waals surface area contributed by atoms with Crippen molar-refractivity contribution in [3.8, 4) is 11.5 Å². The Balaban J connectivity index is 1.55. The van der Waals surface area contributed by atoms with Gasteiger partial charge in [-0.1, -0.05) is 66.2 Å². The van der Waals surface area contributed by atoms with Gasteiger partial charge in [-0.25, -0.2) is 4.79 Å². The lowest BCUT2D eigenvalue weighted by Gasteiger charge is -2.16. The van der Waals surface area contributed by atoms with Crippen LogP contribution in [-0.2, 0) is 18.0 Å². The second kappa shape index (κ2) is 12.3. The zero-order chi connectivity index (χ0) is 26.2. The lowest BCUT2D eigenvalue weighted by molar-refractivity contribution is 0.0600. The van der Waals surface area contributed by atoms with Gasteiger partial charge in [0, 0.05) is 44.2 Å². The maximum absolute atomic E-state index is 11.7. The van der Waals surface area contributed by atoms with Gasteiger partial charge in [0.05, 0.1) is 12.7 Å². The van der Waals surface area contributed by atoms with Gasteiger partial charge in [0.25, 0.3) is 0 Å². The van der Waals surface area contributed by atoms with Gasteiger partial charge in [-0.05, 0) is 48.5 Å². The van der Waals surface area contributed by atoms with E-state index in [4.69, 9.17) is 37.4 Å². The Morgan fingerprint density at radius 2 is 1.27 bits per heavy atom. The summed E-state index contributed by atoms with van der Waals surface area (Å²) in [4.78, 5) is 11.7. The second-order valence-corrected chi connectivity index (χ2v) is 8.94. The normalized spacial score (nSPS) is 10.5. The highest BCUT2D eigenvalue weighted by Gasteiger charge is 2.10. The maximum Gasteiger partial charge on any atom is 0.337 e. The van der Waals surface area contributed by atoms with Crippen LogP contribution in [-0.4, -0.2) is 13.1 Å². The van der Waals surface area contributed by atoms with E-state index in [2.05, 4.69) is 11.9 Å². The first-order valence-corrected chi connectivity index (χ1v) is 12.2. The van der Waals surface area contributed by atoms with Crippen LogP contribution in [0.4, 0.5) is 5.69 Å². The molecule has 0 saturated carbocycles. The number of ether oxygens (including phenoxy) is 3. The molecule has 0 aliphatic heterocycles. The fraction of sp³-hybridized carbons (Fsp3) is 0.100. The van der Waals surface area contributed by atoms with E-state index >= 15 is 0 Å². The van der Waals surface area contributed by atoms with E-state index in [-0.39, 0.29) is 0 Å². The highest BCUT2D eigenvalue weighted by Crippen LogP contribution is 2.30. The molecule has 188 valence electrons. The zero-order valence-electron chi connectivity index (χ0n) is 20.2. The number of hydrogen-bond acceptors (Lipinski definition) is 5. The van der Waals surface area contributed by atoms with Crippen LogP contribution in [0.3, 0.4) is 0 Å². The van der Waals surface area contributed by atoms with Crippen molar-refractivity contribution in [2.45, 2.75) is 13.2 Å². The van der Waals surface area contributed by atoms with Gasteiger partial charge in [-0.3, -0.25) is 0 Å². The second-order valence-electron chi connectivity index (χ2n) is 8.13. The fourth-order valence-corrected chi connectivity index (χ4v) is 3.90. The number of methoxy groups -OCH3 is 1. The van der Waals surface area contributed by atoms with E-state index in [0.717, 1.165) is 22.4 Å². The van der Waals surface area contributed by atoms with E-state index in [0.29, 0.717) is 46.0 Å². The molecule has 0 unspecified atom stereocenters. The van der Waals surface area contributed by atoms with Crippen LogP contribution in [0.1, 0.15) is 27.0 Å². The van der Waals surface area contributed by atoms with Crippen molar-refractivity contribution < 1.29 is 19.0 Å². The summed E-state index contributed by atoms with van der Waals surface area (Å²) in [5.74, 6) is 0.792. The lowest BCUT2D eigenvalue weighted by Crippen LogP contribution is -2.03. The monoisotopic (exact) mass is 533 g/mol. The molecule has 0 aliphatic carbocycles. The minimum Gasteiger partial charge on any atom is -0.489 e. The average Bonchev–Trinajstić information content (AvgIpc) is 2.92. The predicted octanol–water partition coefficient (Wildman–Crippen LogP) is 8.02. The summed E-state index contributed by atoms with van der Waals surface area (Å²) in [6.07, 6.45) is 0. The molecule has 0 amide bonds. The minimum atomic E-state index is -0.394. The number of carbonyl (C=O) groups is 1. The standard InChI is InChI=1S/C30H25Cl2NO4/c1-20(33-25-13-11-21(12-14-25)30(34)35-2)24-15-26(36-18-22-7-3-5-9-28(22)31)17-27(16-24)37-19-23-8-4-6-10-29(23)32/h3-17,33H,1,18-19H2,2H3. The summed E-state index contributed by atoms with van der Waals surface area (Å²) in [6, 6.07) is 27.6. The first kappa shape index (κ1) is 26.1. The number of nitrogens with one attached hydrogen (secondary N) is 1. The third-order valence-corrected chi connectivity index (χ3v) is 6.27. The van der Waals surface area contributed by atoms with Crippen molar-refractivity contribution in [1.82, 2.24) is 0 Å². The number of benzene rings is 4. The molecule has 4 aromatic carbocycles. The topological polar surface area (TPSA) is 56.8 Å². The molecule has 0 heterocycles. The number of anilines is 1. The summed E-state index contributed by atoms with van der Waals surface area (Å²) < 4.78 is 16.9. The van der Waals surface area contributed by atoms with Crippen LogP contribution in [0.5, 0.6) is 11.5 Å². The zero-order valence-corrected chi connectivity index (χ0v) is 21.7. The van der Waals surface area contributed by atoms with Gasteiger partial charge in [-0.2, -0.15) is 0 Å². The molecule has 0 radical (unpaired) electrons. The number of rotatable bonds is 10. The van der Waals surface area contributed by atoms with Gasteiger partial charge in [0.2, 0.25) is 0 Å². The molecule has 0 fully saturated rings. The third-order valence-electron chi connectivity index (χ3n) is 5.53. The summed E-state index contributed by atoms with van der Waals surface area (Å²) in [6.45, 7) is 4.77. The Bertz CT molecular complexity index is 1340. The number of esters is 1. The first-order valence-electron chi connectivity index (χ1n) is 11.4. The summed E-state index contributed by atoms with van der Waals surface area (Å²) in [5.41, 5.74) is 4.36. The van der Waals surface area contributed by atoms with E-state index in [9.17, 15) is 4.79 Å². The molecule has 4 aromatic rings. The average molecular weight is 534 g/mol. The molecule has 0 atom stereocenters. The van der Waals surface area contributed by atoms with Crippen LogP contribution in [0, 0.1) is 0 Å². The van der Waals surface area contributed by atoms with E-state index in [1.165, 1.54) is 7.11 Å². The number of carbonyl (C=O) groups excluding carboxylic acids is 1. The largest absolute Gasteiger partial charge is 0.489 e. The molecule has 7 heteroatoms. The molecular formula is C30H25Cl2NO4. The Labute approximate surface area is 226 Å². The van der Waals surface area contributed by atoms with Gasteiger partial charge >= 0.3 is 5.97 Å². The molecule has 0 spiro atoms. The van der Waals surface area contributed by atoms with Crippen molar-refractivity contribution in [3.63, 3.8) is 0 Å². The summed E-state index contributed by atoms with van der Waals surface area (Å²) in [7, 11) is 1.35. The van der Waals surface area contributed by atoms with Crippen molar-refractivity contribution in [2.24, 2.45) is 0 Å². The van der Waals surface area contributed by atoms with Crippen molar-refractivity contribution in [3.05, 3.63) is 130 Å².